The highest BCUT2D eigenvalue weighted by Crippen LogP contribution is 2.31. The molecule has 0 aliphatic heterocycles. The van der Waals surface area contributed by atoms with Gasteiger partial charge in [-0.2, -0.15) is 4.98 Å². The van der Waals surface area contributed by atoms with Crippen LogP contribution in [0.3, 0.4) is 0 Å². The van der Waals surface area contributed by atoms with E-state index in [1.54, 1.807) is 25.3 Å². The van der Waals surface area contributed by atoms with E-state index in [0.29, 0.717) is 35.2 Å². The maximum Gasteiger partial charge on any atom is 0.264 e. The fraction of sp³-hybridized carbons (Fsp3) is 0.385. The van der Waals surface area contributed by atoms with Crippen molar-refractivity contribution in [2.45, 2.75) is 26.6 Å². The predicted octanol–water partition coefficient (Wildman–Crippen LogP) is 1.71. The van der Waals surface area contributed by atoms with Gasteiger partial charge in [0.2, 0.25) is 0 Å². The first-order chi connectivity index (χ1) is 9.28. The molecule has 0 atom stereocenters. The fourth-order valence-corrected chi connectivity index (χ4v) is 1.64. The van der Waals surface area contributed by atoms with E-state index in [-0.39, 0.29) is 13.2 Å². The Morgan fingerprint density at radius 2 is 2.21 bits per heavy atom. The molecular formula is C13H16N2O4. The molecule has 2 aromatic rings. The summed E-state index contributed by atoms with van der Waals surface area (Å²) in [5, 5.41) is 13.1. The average molecular weight is 264 g/mol. The molecule has 6 heteroatoms. The number of methoxy groups -OCH3 is 1. The Labute approximate surface area is 111 Å². The summed E-state index contributed by atoms with van der Waals surface area (Å²) in [4.78, 5) is 4.15. The van der Waals surface area contributed by atoms with Gasteiger partial charge >= 0.3 is 0 Å². The molecule has 102 valence electrons. The maximum atomic E-state index is 9.29. The number of aromatic nitrogens is 2. The lowest BCUT2D eigenvalue weighted by molar-refractivity contribution is 0.220. The van der Waals surface area contributed by atoms with Gasteiger partial charge < -0.3 is 19.1 Å². The molecule has 6 nitrogen and oxygen atoms in total. The molecule has 0 saturated heterocycles. The van der Waals surface area contributed by atoms with E-state index in [9.17, 15) is 5.11 Å². The molecular weight excluding hydrogens is 248 g/mol. The zero-order valence-electron chi connectivity index (χ0n) is 10.9. The van der Waals surface area contributed by atoms with E-state index >= 15 is 0 Å². The van der Waals surface area contributed by atoms with Crippen LogP contribution >= 0.6 is 0 Å². The monoisotopic (exact) mass is 264 g/mol. The molecule has 0 saturated carbocycles. The highest BCUT2D eigenvalue weighted by atomic mass is 16.5. The summed E-state index contributed by atoms with van der Waals surface area (Å²) in [6.45, 7) is 1.95. The third-order valence-electron chi connectivity index (χ3n) is 2.62. The summed E-state index contributed by atoms with van der Waals surface area (Å²) >= 11 is 0. The molecule has 1 aromatic heterocycles. The van der Waals surface area contributed by atoms with Gasteiger partial charge in [-0.15, -0.1) is 0 Å². The summed E-state index contributed by atoms with van der Waals surface area (Å²) in [6, 6.07) is 5.32. The normalized spacial score (nSPS) is 10.5. The number of aliphatic hydroxyl groups is 1. The highest BCUT2D eigenvalue weighted by molar-refractivity contribution is 5.46. The summed E-state index contributed by atoms with van der Waals surface area (Å²) in [5.41, 5.74) is 0.648. The molecule has 19 heavy (non-hydrogen) atoms. The van der Waals surface area contributed by atoms with Crippen molar-refractivity contribution in [2.75, 3.05) is 7.11 Å². The lowest BCUT2D eigenvalue weighted by Crippen LogP contribution is -2.01. The third-order valence-corrected chi connectivity index (χ3v) is 2.62. The quantitative estimate of drug-likeness (QED) is 0.855. The molecule has 1 heterocycles. The maximum absolute atomic E-state index is 9.29. The number of hydrogen-bond acceptors (Lipinski definition) is 6. The van der Waals surface area contributed by atoms with Crippen molar-refractivity contribution in [1.29, 1.82) is 0 Å². The molecule has 0 fully saturated rings. The minimum absolute atomic E-state index is 0.128. The minimum atomic E-state index is -0.128. The van der Waals surface area contributed by atoms with Crippen LogP contribution in [-0.2, 0) is 19.6 Å². The third kappa shape index (κ3) is 3.03. The molecule has 0 aliphatic rings. The Morgan fingerprint density at radius 1 is 1.37 bits per heavy atom. The predicted molar refractivity (Wildman–Crippen MR) is 66.9 cm³/mol. The Kier molecular flexibility index (Phi) is 4.35. The zero-order valence-corrected chi connectivity index (χ0v) is 10.9. The molecule has 0 bridgehead atoms. The summed E-state index contributed by atoms with van der Waals surface area (Å²) in [7, 11) is 1.55. The Morgan fingerprint density at radius 3 is 2.84 bits per heavy atom. The molecule has 1 N–H and O–H groups in total. The molecule has 2 rings (SSSR count). The molecule has 0 unspecified atom stereocenters. The number of aryl methyl sites for hydroxylation is 1. The Bertz CT molecular complexity index is 517. The van der Waals surface area contributed by atoms with E-state index in [0.717, 1.165) is 0 Å². The number of ether oxygens (including phenoxy) is 2. The molecule has 0 aliphatic carbocycles. The Balaban J connectivity index is 2.13. The second kappa shape index (κ2) is 6.19. The van der Waals surface area contributed by atoms with Gasteiger partial charge in [0.05, 0.1) is 13.7 Å². The topological polar surface area (TPSA) is 77.6 Å². The summed E-state index contributed by atoms with van der Waals surface area (Å²) in [6.07, 6.45) is 0.708. The van der Waals surface area contributed by atoms with Crippen molar-refractivity contribution < 1.29 is 19.1 Å². The second-order valence-electron chi connectivity index (χ2n) is 3.85. The highest BCUT2D eigenvalue weighted by Gasteiger charge is 2.12. The fourth-order valence-electron chi connectivity index (χ4n) is 1.64. The smallest absolute Gasteiger partial charge is 0.264 e. The largest absolute Gasteiger partial charge is 0.493 e. The van der Waals surface area contributed by atoms with Crippen LogP contribution in [0.25, 0.3) is 0 Å². The first-order valence-corrected chi connectivity index (χ1v) is 5.99. The number of rotatable bonds is 6. The summed E-state index contributed by atoms with van der Waals surface area (Å²) in [5.74, 6) is 2.08. The van der Waals surface area contributed by atoms with Crippen molar-refractivity contribution in [3.63, 3.8) is 0 Å². The van der Waals surface area contributed by atoms with Gasteiger partial charge in [0.15, 0.2) is 23.9 Å². The first kappa shape index (κ1) is 13.4. The van der Waals surface area contributed by atoms with Crippen LogP contribution in [0.2, 0.25) is 0 Å². The number of hydrogen-bond donors (Lipinski definition) is 1. The van der Waals surface area contributed by atoms with Gasteiger partial charge in [0.25, 0.3) is 5.89 Å². The number of benzene rings is 1. The molecule has 0 amide bonds. The van der Waals surface area contributed by atoms with E-state index in [1.165, 1.54) is 0 Å². The van der Waals surface area contributed by atoms with Crippen LogP contribution in [0.5, 0.6) is 11.5 Å². The SMILES string of the molecule is CCc1noc(COc2c(CO)cccc2OC)n1. The Hall–Kier alpha value is -2.08. The van der Waals surface area contributed by atoms with Gasteiger partial charge in [-0.25, -0.2) is 0 Å². The van der Waals surface area contributed by atoms with Crippen LogP contribution in [-0.4, -0.2) is 22.4 Å². The van der Waals surface area contributed by atoms with Crippen LogP contribution in [0.4, 0.5) is 0 Å². The van der Waals surface area contributed by atoms with Crippen molar-refractivity contribution >= 4 is 0 Å². The minimum Gasteiger partial charge on any atom is -0.493 e. The van der Waals surface area contributed by atoms with Crippen molar-refractivity contribution in [2.24, 2.45) is 0 Å². The zero-order chi connectivity index (χ0) is 13.7. The van der Waals surface area contributed by atoms with Crippen molar-refractivity contribution in [3.8, 4) is 11.5 Å². The number of aliphatic hydroxyl groups excluding tert-OH is 1. The van der Waals surface area contributed by atoms with Gasteiger partial charge in [-0.1, -0.05) is 24.2 Å². The van der Waals surface area contributed by atoms with E-state index < -0.39 is 0 Å². The van der Waals surface area contributed by atoms with E-state index in [2.05, 4.69) is 10.1 Å². The lowest BCUT2D eigenvalue weighted by atomic mass is 10.2. The van der Waals surface area contributed by atoms with Crippen LogP contribution in [0.15, 0.2) is 22.7 Å². The number of para-hydroxylation sites is 1. The van der Waals surface area contributed by atoms with Crippen LogP contribution < -0.4 is 9.47 Å². The van der Waals surface area contributed by atoms with Crippen LogP contribution in [0.1, 0.15) is 24.2 Å². The van der Waals surface area contributed by atoms with Crippen LogP contribution in [0, 0.1) is 0 Å². The standard InChI is InChI=1S/C13H16N2O4/c1-3-11-14-12(19-15-11)8-18-13-9(7-16)5-4-6-10(13)17-2/h4-6,16H,3,7-8H2,1-2H3. The van der Waals surface area contributed by atoms with E-state index in [4.69, 9.17) is 14.0 Å². The van der Waals surface area contributed by atoms with Gasteiger partial charge in [0, 0.05) is 12.0 Å². The van der Waals surface area contributed by atoms with Gasteiger partial charge in [0.1, 0.15) is 0 Å². The van der Waals surface area contributed by atoms with Gasteiger partial charge in [-0.05, 0) is 6.07 Å². The van der Waals surface area contributed by atoms with Crippen molar-refractivity contribution in [3.05, 3.63) is 35.5 Å². The molecule has 0 spiro atoms. The second-order valence-corrected chi connectivity index (χ2v) is 3.85. The molecule has 0 radical (unpaired) electrons. The lowest BCUT2D eigenvalue weighted by Gasteiger charge is -2.12. The molecule has 1 aromatic carbocycles. The number of nitrogens with zero attached hydrogens (tertiary/aromatic N) is 2. The van der Waals surface area contributed by atoms with Gasteiger partial charge in [-0.3, -0.25) is 0 Å². The summed E-state index contributed by atoms with van der Waals surface area (Å²) < 4.78 is 15.8. The average Bonchev–Trinajstić information content (AvgIpc) is 2.92. The van der Waals surface area contributed by atoms with E-state index in [1.807, 2.05) is 6.92 Å². The van der Waals surface area contributed by atoms with Crippen molar-refractivity contribution in [1.82, 2.24) is 10.1 Å². The first-order valence-electron chi connectivity index (χ1n) is 5.99.